The Balaban J connectivity index is 3.55. The summed E-state index contributed by atoms with van der Waals surface area (Å²) in [6.07, 6.45) is 11.1. The number of unbranched alkanes of at least 4 members (excludes halogenated alkanes) is 2. The zero-order valence-corrected chi connectivity index (χ0v) is 14.7. The molecule has 2 heteroatoms. The molecule has 0 aliphatic carbocycles. The van der Waals surface area contributed by atoms with Crippen LogP contribution < -0.4 is 0 Å². The van der Waals surface area contributed by atoms with Crippen LogP contribution in [0.4, 0.5) is 0 Å². The Hall–Kier alpha value is 0.700. The van der Waals surface area contributed by atoms with Gasteiger partial charge in [0.25, 0.3) is 0 Å². The molecule has 0 saturated carbocycles. The van der Waals surface area contributed by atoms with Gasteiger partial charge in [-0.25, -0.2) is 0 Å². The first-order chi connectivity index (χ1) is 8.78. The summed E-state index contributed by atoms with van der Waals surface area (Å²) in [5.74, 6) is 4.65. The van der Waals surface area contributed by atoms with Gasteiger partial charge in [0.1, 0.15) is 0 Å². The van der Waals surface area contributed by atoms with Gasteiger partial charge in [-0.1, -0.05) is 87.8 Å². The second-order valence-corrected chi connectivity index (χ2v) is 7.95. The lowest BCUT2D eigenvalue weighted by Crippen LogP contribution is -2.03. The molecule has 18 heavy (non-hydrogen) atoms. The zero-order valence-electron chi connectivity index (χ0n) is 13.0. The van der Waals surface area contributed by atoms with E-state index in [1.54, 1.807) is 0 Å². The molecule has 0 aromatic carbocycles. The summed E-state index contributed by atoms with van der Waals surface area (Å²) in [6, 6.07) is 0. The van der Waals surface area contributed by atoms with Crippen molar-refractivity contribution in [3.8, 4) is 0 Å². The Morgan fingerprint density at radius 3 is 1.33 bits per heavy atom. The predicted octanol–water partition coefficient (Wildman–Crippen LogP) is 6.80. The molecule has 2 atom stereocenters. The highest BCUT2D eigenvalue weighted by Gasteiger charge is 2.09. The third-order valence-corrected chi connectivity index (χ3v) is 6.48. The third kappa shape index (κ3) is 10.6. The number of hydrogen-bond acceptors (Lipinski definition) is 2. The quantitative estimate of drug-likeness (QED) is 0.270. The van der Waals surface area contributed by atoms with Crippen molar-refractivity contribution >= 4 is 21.6 Å². The van der Waals surface area contributed by atoms with E-state index in [4.69, 9.17) is 0 Å². The molecule has 0 saturated heterocycles. The molecule has 0 spiro atoms. The van der Waals surface area contributed by atoms with Crippen molar-refractivity contribution in [1.29, 1.82) is 0 Å². The molecule has 0 aromatic rings. The molecule has 0 amide bonds. The van der Waals surface area contributed by atoms with E-state index < -0.39 is 0 Å². The molecule has 0 rings (SSSR count). The monoisotopic (exact) mass is 290 g/mol. The van der Waals surface area contributed by atoms with Crippen LogP contribution in [0.5, 0.6) is 0 Å². The standard InChI is InChI=1S/C16H34S2/c1-5-9-11-15(7-3)13-17-18-14-16(8-4)12-10-6-2/h15-16H,5-14H2,1-4H3/t15-,16-/m1/s1. The minimum absolute atomic E-state index is 0.957. The minimum Gasteiger partial charge on any atom is -0.0939 e. The Morgan fingerprint density at radius 1 is 0.667 bits per heavy atom. The van der Waals surface area contributed by atoms with Gasteiger partial charge in [-0.3, -0.25) is 0 Å². The summed E-state index contributed by atoms with van der Waals surface area (Å²) in [6.45, 7) is 9.30. The average molecular weight is 291 g/mol. The lowest BCUT2D eigenvalue weighted by atomic mass is 10.0. The number of rotatable bonds is 13. The van der Waals surface area contributed by atoms with Gasteiger partial charge in [-0.05, 0) is 24.7 Å². The summed E-state index contributed by atoms with van der Waals surface area (Å²) in [7, 11) is 4.26. The molecule has 0 radical (unpaired) electrons. The maximum absolute atomic E-state index is 2.35. The first-order valence-electron chi connectivity index (χ1n) is 8.02. The van der Waals surface area contributed by atoms with E-state index in [9.17, 15) is 0 Å². The smallest absolute Gasteiger partial charge is 0.00652 e. The molecular formula is C16H34S2. The lowest BCUT2D eigenvalue weighted by molar-refractivity contribution is 0.499. The maximum atomic E-state index is 2.35. The van der Waals surface area contributed by atoms with Crippen LogP contribution in [-0.4, -0.2) is 11.5 Å². The van der Waals surface area contributed by atoms with Gasteiger partial charge in [0, 0.05) is 11.5 Å². The molecular weight excluding hydrogens is 256 g/mol. The summed E-state index contributed by atoms with van der Waals surface area (Å²) >= 11 is 0. The second kappa shape index (κ2) is 14.1. The highest BCUT2D eigenvalue weighted by Crippen LogP contribution is 2.31. The van der Waals surface area contributed by atoms with Gasteiger partial charge in [-0.2, -0.15) is 0 Å². The third-order valence-electron chi connectivity index (χ3n) is 3.78. The van der Waals surface area contributed by atoms with Crippen LogP contribution >= 0.6 is 21.6 Å². The Bertz CT molecular complexity index is 141. The topological polar surface area (TPSA) is 0 Å². The summed E-state index contributed by atoms with van der Waals surface area (Å²) in [5, 5.41) is 0. The zero-order chi connectivity index (χ0) is 13.6. The number of hydrogen-bond donors (Lipinski definition) is 0. The molecule has 0 aliphatic heterocycles. The van der Waals surface area contributed by atoms with E-state index in [1.165, 1.54) is 62.9 Å². The van der Waals surface area contributed by atoms with Crippen molar-refractivity contribution in [2.24, 2.45) is 11.8 Å². The molecule has 0 heterocycles. The minimum atomic E-state index is 0.957. The van der Waals surface area contributed by atoms with Crippen LogP contribution in [0.25, 0.3) is 0 Å². The van der Waals surface area contributed by atoms with Gasteiger partial charge >= 0.3 is 0 Å². The predicted molar refractivity (Wildman–Crippen MR) is 91.5 cm³/mol. The molecule has 0 nitrogen and oxygen atoms in total. The van der Waals surface area contributed by atoms with E-state index >= 15 is 0 Å². The molecule has 0 bridgehead atoms. The van der Waals surface area contributed by atoms with Gasteiger partial charge in [0.05, 0.1) is 0 Å². The average Bonchev–Trinajstić information content (AvgIpc) is 2.41. The van der Waals surface area contributed by atoms with E-state index in [0.29, 0.717) is 0 Å². The van der Waals surface area contributed by atoms with Crippen LogP contribution in [0.15, 0.2) is 0 Å². The van der Waals surface area contributed by atoms with E-state index in [0.717, 1.165) is 11.8 Å². The van der Waals surface area contributed by atoms with Crippen molar-refractivity contribution in [3.05, 3.63) is 0 Å². The Morgan fingerprint density at radius 2 is 1.06 bits per heavy atom. The molecule has 0 aliphatic rings. The first-order valence-corrected chi connectivity index (χ1v) is 10.5. The fourth-order valence-electron chi connectivity index (χ4n) is 2.08. The van der Waals surface area contributed by atoms with Gasteiger partial charge < -0.3 is 0 Å². The Kier molecular flexibility index (Phi) is 14.7. The van der Waals surface area contributed by atoms with E-state index in [1.807, 2.05) is 0 Å². The van der Waals surface area contributed by atoms with Crippen molar-refractivity contribution in [2.45, 2.75) is 79.1 Å². The molecule has 0 fully saturated rings. The van der Waals surface area contributed by atoms with Crippen molar-refractivity contribution in [3.63, 3.8) is 0 Å². The van der Waals surface area contributed by atoms with E-state index in [2.05, 4.69) is 49.3 Å². The normalized spacial score (nSPS) is 14.7. The highest BCUT2D eigenvalue weighted by atomic mass is 33.1. The SMILES string of the molecule is CCCC[C@@H](CC)CSSC[C@H](CC)CCCC. The van der Waals surface area contributed by atoms with Crippen LogP contribution in [-0.2, 0) is 0 Å². The Labute approximate surface area is 124 Å². The first kappa shape index (κ1) is 18.7. The second-order valence-electron chi connectivity index (χ2n) is 5.40. The van der Waals surface area contributed by atoms with Gasteiger partial charge in [-0.15, -0.1) is 0 Å². The fourth-order valence-corrected chi connectivity index (χ4v) is 5.20. The van der Waals surface area contributed by atoms with Crippen molar-refractivity contribution in [2.75, 3.05) is 11.5 Å². The van der Waals surface area contributed by atoms with Gasteiger partial charge in [0.15, 0.2) is 0 Å². The van der Waals surface area contributed by atoms with Crippen molar-refractivity contribution in [1.82, 2.24) is 0 Å². The highest BCUT2D eigenvalue weighted by molar-refractivity contribution is 8.76. The van der Waals surface area contributed by atoms with Crippen LogP contribution in [0, 0.1) is 11.8 Å². The fraction of sp³-hybridized carbons (Fsp3) is 1.00. The van der Waals surface area contributed by atoms with E-state index in [-0.39, 0.29) is 0 Å². The summed E-state index contributed by atoms with van der Waals surface area (Å²) in [5.41, 5.74) is 0. The van der Waals surface area contributed by atoms with Crippen LogP contribution in [0.1, 0.15) is 79.1 Å². The van der Waals surface area contributed by atoms with Gasteiger partial charge in [0.2, 0.25) is 0 Å². The summed E-state index contributed by atoms with van der Waals surface area (Å²) in [4.78, 5) is 0. The lowest BCUT2D eigenvalue weighted by Gasteiger charge is -2.16. The van der Waals surface area contributed by atoms with Crippen LogP contribution in [0.3, 0.4) is 0 Å². The van der Waals surface area contributed by atoms with Crippen LogP contribution in [0.2, 0.25) is 0 Å². The molecule has 0 N–H and O–H groups in total. The maximum Gasteiger partial charge on any atom is 0.00652 e. The molecule has 0 unspecified atom stereocenters. The molecule has 110 valence electrons. The summed E-state index contributed by atoms with van der Waals surface area (Å²) < 4.78 is 0. The van der Waals surface area contributed by atoms with Crippen molar-refractivity contribution < 1.29 is 0 Å². The largest absolute Gasteiger partial charge is 0.0939 e. The molecule has 0 aromatic heterocycles.